The largest absolute Gasteiger partial charge is 0.354 e. The number of amides is 2. The number of halogens is 1. The van der Waals surface area contributed by atoms with Gasteiger partial charge in [0.1, 0.15) is 6.17 Å². The Bertz CT molecular complexity index is 976. The zero-order valence-corrected chi connectivity index (χ0v) is 16.5. The third-order valence-corrected chi connectivity index (χ3v) is 4.29. The molecule has 1 aromatic carbocycles. The number of aromatic nitrogens is 5. The fourth-order valence-corrected chi connectivity index (χ4v) is 2.75. The lowest BCUT2D eigenvalue weighted by Crippen LogP contribution is -2.18. The molecule has 2 N–H and O–H groups in total. The van der Waals surface area contributed by atoms with Crippen molar-refractivity contribution in [2.24, 2.45) is 0 Å². The molecule has 30 heavy (non-hydrogen) atoms. The molecule has 2 amide bonds. The van der Waals surface area contributed by atoms with Crippen molar-refractivity contribution in [3.05, 3.63) is 65.6 Å². The molecule has 2 heterocycles. The van der Waals surface area contributed by atoms with E-state index in [9.17, 15) is 14.0 Å². The zero-order valence-electron chi connectivity index (χ0n) is 16.5. The fraction of sp³-hybridized carbons (Fsp3) is 0.300. The number of nitrogens with one attached hydrogen (secondary N) is 2. The second-order valence-electron chi connectivity index (χ2n) is 6.66. The summed E-state index contributed by atoms with van der Waals surface area (Å²) in [4.78, 5) is 23.5. The summed E-state index contributed by atoms with van der Waals surface area (Å²) in [6.45, 7) is -0.00888. The van der Waals surface area contributed by atoms with Crippen LogP contribution in [0, 0.1) is 0 Å². The predicted molar refractivity (Wildman–Crippen MR) is 107 cm³/mol. The van der Waals surface area contributed by atoms with Crippen LogP contribution in [0.4, 0.5) is 10.2 Å². The SMILES string of the molecule is CNC(=O)c1cn(CC(F)CCc2ccc(NC(=O)Cc3ccccc3)nn2)nn1. The van der Waals surface area contributed by atoms with Gasteiger partial charge in [0, 0.05) is 7.05 Å². The van der Waals surface area contributed by atoms with Gasteiger partial charge in [-0.25, -0.2) is 9.07 Å². The van der Waals surface area contributed by atoms with E-state index in [4.69, 9.17) is 0 Å². The smallest absolute Gasteiger partial charge is 0.273 e. The highest BCUT2D eigenvalue weighted by atomic mass is 19.1. The van der Waals surface area contributed by atoms with Gasteiger partial charge in [-0.1, -0.05) is 35.5 Å². The molecule has 0 saturated carbocycles. The summed E-state index contributed by atoms with van der Waals surface area (Å²) < 4.78 is 15.5. The number of carbonyl (C=O) groups excluding carboxylic acids is 2. The van der Waals surface area contributed by atoms with Crippen LogP contribution in [0.1, 0.15) is 28.2 Å². The molecule has 3 aromatic rings. The van der Waals surface area contributed by atoms with E-state index in [-0.39, 0.29) is 36.9 Å². The maximum absolute atomic E-state index is 14.2. The van der Waals surface area contributed by atoms with Crippen molar-refractivity contribution in [1.29, 1.82) is 0 Å². The van der Waals surface area contributed by atoms with Crippen LogP contribution in [0.2, 0.25) is 0 Å². The van der Waals surface area contributed by atoms with Crippen LogP contribution in [0.25, 0.3) is 0 Å². The van der Waals surface area contributed by atoms with Gasteiger partial charge in [-0.3, -0.25) is 9.59 Å². The highest BCUT2D eigenvalue weighted by molar-refractivity contribution is 5.91. The first-order chi connectivity index (χ1) is 14.5. The van der Waals surface area contributed by atoms with Crippen LogP contribution in [-0.4, -0.2) is 50.2 Å². The molecule has 3 rings (SSSR count). The van der Waals surface area contributed by atoms with Gasteiger partial charge in [0.15, 0.2) is 11.5 Å². The second kappa shape index (κ2) is 10.2. The molecule has 0 saturated heterocycles. The van der Waals surface area contributed by atoms with Gasteiger partial charge < -0.3 is 10.6 Å². The summed E-state index contributed by atoms with van der Waals surface area (Å²) in [5.74, 6) is -0.209. The quantitative estimate of drug-likeness (QED) is 0.553. The number of aryl methyl sites for hydroxylation is 1. The van der Waals surface area contributed by atoms with E-state index >= 15 is 0 Å². The molecular weight excluding hydrogens is 389 g/mol. The van der Waals surface area contributed by atoms with Crippen LogP contribution in [0.5, 0.6) is 0 Å². The molecule has 0 aliphatic heterocycles. The van der Waals surface area contributed by atoms with Gasteiger partial charge in [0.25, 0.3) is 5.91 Å². The van der Waals surface area contributed by atoms with Crippen LogP contribution >= 0.6 is 0 Å². The third-order valence-electron chi connectivity index (χ3n) is 4.29. The van der Waals surface area contributed by atoms with Crippen molar-refractivity contribution in [3.8, 4) is 0 Å². The van der Waals surface area contributed by atoms with E-state index in [0.717, 1.165) is 5.56 Å². The van der Waals surface area contributed by atoms with Crippen molar-refractivity contribution in [1.82, 2.24) is 30.5 Å². The molecule has 0 spiro atoms. The average molecular weight is 411 g/mol. The number of anilines is 1. The highest BCUT2D eigenvalue weighted by Crippen LogP contribution is 2.10. The summed E-state index contributed by atoms with van der Waals surface area (Å²) in [5.41, 5.74) is 1.66. The highest BCUT2D eigenvalue weighted by Gasteiger charge is 2.13. The molecule has 10 heteroatoms. The Morgan fingerprint density at radius 1 is 1.10 bits per heavy atom. The first-order valence-electron chi connectivity index (χ1n) is 9.46. The molecule has 0 aliphatic carbocycles. The molecule has 0 aliphatic rings. The van der Waals surface area contributed by atoms with Crippen molar-refractivity contribution in [3.63, 3.8) is 0 Å². The minimum absolute atomic E-state index is 0.00888. The van der Waals surface area contributed by atoms with Gasteiger partial charge in [-0.2, -0.15) is 5.10 Å². The monoisotopic (exact) mass is 411 g/mol. The number of alkyl halides is 1. The lowest BCUT2D eigenvalue weighted by molar-refractivity contribution is -0.115. The second-order valence-corrected chi connectivity index (χ2v) is 6.66. The Hall–Kier alpha value is -3.69. The van der Waals surface area contributed by atoms with Gasteiger partial charge in [0.05, 0.1) is 24.9 Å². The van der Waals surface area contributed by atoms with E-state index < -0.39 is 6.17 Å². The van der Waals surface area contributed by atoms with Crippen molar-refractivity contribution in [2.75, 3.05) is 12.4 Å². The Labute approximate surface area is 172 Å². The molecule has 0 radical (unpaired) electrons. The number of benzene rings is 1. The molecule has 1 atom stereocenters. The lowest BCUT2D eigenvalue weighted by atomic mass is 10.1. The number of carbonyl (C=O) groups is 2. The topological polar surface area (TPSA) is 115 Å². The van der Waals surface area contributed by atoms with Crippen molar-refractivity contribution >= 4 is 17.6 Å². The van der Waals surface area contributed by atoms with E-state index in [0.29, 0.717) is 17.9 Å². The summed E-state index contributed by atoms with van der Waals surface area (Å²) in [6.07, 6.45) is 1.05. The average Bonchev–Trinajstić information content (AvgIpc) is 3.21. The lowest BCUT2D eigenvalue weighted by Gasteiger charge is -2.08. The van der Waals surface area contributed by atoms with Gasteiger partial charge in [-0.05, 0) is 30.5 Å². The third kappa shape index (κ3) is 6.16. The molecule has 0 fully saturated rings. The van der Waals surface area contributed by atoms with Crippen LogP contribution in [0.15, 0.2) is 48.7 Å². The molecule has 0 bridgehead atoms. The van der Waals surface area contributed by atoms with Crippen molar-refractivity contribution in [2.45, 2.75) is 32.0 Å². The van der Waals surface area contributed by atoms with Gasteiger partial charge >= 0.3 is 0 Å². The van der Waals surface area contributed by atoms with E-state index in [1.807, 2.05) is 30.3 Å². The van der Waals surface area contributed by atoms with Gasteiger partial charge in [0.2, 0.25) is 5.91 Å². The van der Waals surface area contributed by atoms with E-state index in [1.165, 1.54) is 17.9 Å². The van der Waals surface area contributed by atoms with E-state index in [2.05, 4.69) is 31.1 Å². The fourth-order valence-electron chi connectivity index (χ4n) is 2.75. The maximum Gasteiger partial charge on any atom is 0.273 e. The maximum atomic E-state index is 14.2. The summed E-state index contributed by atoms with van der Waals surface area (Å²) >= 11 is 0. The molecular formula is C20H22FN7O2. The predicted octanol–water partition coefficient (Wildman–Crippen LogP) is 1.58. The first-order valence-corrected chi connectivity index (χ1v) is 9.46. The Morgan fingerprint density at radius 3 is 2.60 bits per heavy atom. The summed E-state index contributed by atoms with van der Waals surface area (Å²) in [7, 11) is 1.49. The number of nitrogens with zero attached hydrogens (tertiary/aromatic N) is 5. The molecule has 156 valence electrons. The Morgan fingerprint density at radius 2 is 1.90 bits per heavy atom. The van der Waals surface area contributed by atoms with Crippen molar-refractivity contribution < 1.29 is 14.0 Å². The summed E-state index contributed by atoms with van der Waals surface area (Å²) in [5, 5.41) is 20.6. The van der Waals surface area contributed by atoms with Crippen LogP contribution in [0.3, 0.4) is 0 Å². The van der Waals surface area contributed by atoms with Crippen LogP contribution in [-0.2, 0) is 24.2 Å². The van der Waals surface area contributed by atoms with Gasteiger partial charge in [-0.15, -0.1) is 10.2 Å². The minimum Gasteiger partial charge on any atom is -0.354 e. The Kier molecular flexibility index (Phi) is 7.14. The Balaban J connectivity index is 1.44. The number of rotatable bonds is 9. The number of hydrogen-bond donors (Lipinski definition) is 2. The summed E-state index contributed by atoms with van der Waals surface area (Å²) in [6, 6.07) is 12.7. The minimum atomic E-state index is -1.18. The number of hydrogen-bond acceptors (Lipinski definition) is 6. The molecule has 1 unspecified atom stereocenters. The first kappa shape index (κ1) is 21.0. The zero-order chi connectivity index (χ0) is 21.3. The normalized spacial score (nSPS) is 11.7. The molecule has 2 aromatic heterocycles. The van der Waals surface area contributed by atoms with E-state index in [1.54, 1.807) is 12.1 Å². The van der Waals surface area contributed by atoms with Crippen LogP contribution < -0.4 is 10.6 Å². The standard InChI is InChI=1S/C20H22FN7O2/c1-22-20(30)17-13-28(27-25-17)12-15(21)7-8-16-9-10-18(26-24-16)23-19(29)11-14-5-3-2-4-6-14/h2-6,9-10,13,15H,7-8,11-12H2,1H3,(H,22,30)(H,23,26,29). The molecule has 9 nitrogen and oxygen atoms in total.